The summed E-state index contributed by atoms with van der Waals surface area (Å²) in [5, 5.41) is 0. The first-order chi connectivity index (χ1) is 10.8. The topological polar surface area (TPSA) is 12.5 Å². The number of ether oxygens (including phenoxy) is 1. The zero-order valence-corrected chi connectivity index (χ0v) is 13.0. The van der Waals surface area contributed by atoms with Crippen molar-refractivity contribution in [3.63, 3.8) is 0 Å². The average Bonchev–Trinajstić information content (AvgIpc) is 2.57. The number of methoxy groups -OCH3 is 1. The number of nitrogens with zero attached hydrogens (tertiary/aromatic N) is 1. The summed E-state index contributed by atoms with van der Waals surface area (Å²) in [6.07, 6.45) is 3.33. The van der Waals surface area contributed by atoms with E-state index in [9.17, 15) is 4.39 Å². The van der Waals surface area contributed by atoms with Gasteiger partial charge in [-0.15, -0.1) is 0 Å². The van der Waals surface area contributed by atoms with Gasteiger partial charge in [-0.3, -0.25) is 0 Å². The Morgan fingerprint density at radius 1 is 1.09 bits per heavy atom. The molecule has 0 amide bonds. The van der Waals surface area contributed by atoms with Gasteiger partial charge in [0.15, 0.2) is 0 Å². The minimum absolute atomic E-state index is 0.165. The smallest absolute Gasteiger partial charge is 0.146 e. The molecule has 3 rings (SSSR count). The zero-order chi connectivity index (χ0) is 15.4. The molecule has 0 saturated carbocycles. The van der Waals surface area contributed by atoms with E-state index in [-0.39, 0.29) is 5.82 Å². The summed E-state index contributed by atoms with van der Waals surface area (Å²) in [5.74, 6) is 1.23. The Bertz CT molecular complexity index is 606. The normalized spacial score (nSPS) is 15.8. The first-order valence-electron chi connectivity index (χ1n) is 7.88. The van der Waals surface area contributed by atoms with Crippen molar-refractivity contribution in [2.75, 3.05) is 25.1 Å². The number of hydrogen-bond donors (Lipinski definition) is 0. The number of piperidine rings is 1. The lowest BCUT2D eigenvalue weighted by molar-refractivity contribution is 0.397. The lowest BCUT2D eigenvalue weighted by Crippen LogP contribution is -2.34. The number of hydrogen-bond acceptors (Lipinski definition) is 2. The van der Waals surface area contributed by atoms with E-state index in [2.05, 4.69) is 35.2 Å². The highest BCUT2D eigenvalue weighted by atomic mass is 19.1. The van der Waals surface area contributed by atoms with Crippen LogP contribution in [0.2, 0.25) is 0 Å². The summed E-state index contributed by atoms with van der Waals surface area (Å²) in [6, 6.07) is 15.6. The predicted molar refractivity (Wildman–Crippen MR) is 88.0 cm³/mol. The maximum atomic E-state index is 14.0. The first kappa shape index (κ1) is 14.9. The molecule has 2 nitrogen and oxygen atoms in total. The number of halogens is 1. The van der Waals surface area contributed by atoms with Crippen LogP contribution in [0, 0.1) is 11.7 Å². The molecule has 1 aliphatic rings. The molecule has 1 saturated heterocycles. The fourth-order valence-corrected chi connectivity index (χ4v) is 3.19. The number of rotatable bonds is 4. The summed E-state index contributed by atoms with van der Waals surface area (Å²) in [4.78, 5) is 2.14. The fourth-order valence-electron chi connectivity index (χ4n) is 3.19. The van der Waals surface area contributed by atoms with Crippen molar-refractivity contribution in [2.45, 2.75) is 19.3 Å². The van der Waals surface area contributed by atoms with Crippen LogP contribution in [-0.2, 0) is 6.42 Å². The Labute approximate surface area is 131 Å². The highest BCUT2D eigenvalue weighted by molar-refractivity contribution is 5.52. The molecule has 0 bridgehead atoms. The highest BCUT2D eigenvalue weighted by Gasteiger charge is 2.21. The molecular weight excluding hydrogens is 277 g/mol. The number of anilines is 1. The van der Waals surface area contributed by atoms with Crippen molar-refractivity contribution in [1.82, 2.24) is 0 Å². The van der Waals surface area contributed by atoms with Crippen molar-refractivity contribution >= 4 is 5.69 Å². The monoisotopic (exact) mass is 299 g/mol. The van der Waals surface area contributed by atoms with Gasteiger partial charge in [-0.25, -0.2) is 4.39 Å². The van der Waals surface area contributed by atoms with Crippen molar-refractivity contribution in [2.24, 2.45) is 5.92 Å². The van der Waals surface area contributed by atoms with Gasteiger partial charge in [0.25, 0.3) is 0 Å². The van der Waals surface area contributed by atoms with E-state index in [1.54, 1.807) is 19.2 Å². The van der Waals surface area contributed by atoms with Crippen LogP contribution in [0.4, 0.5) is 10.1 Å². The fraction of sp³-hybridized carbons (Fsp3) is 0.368. The molecule has 3 heteroatoms. The molecule has 0 N–H and O–H groups in total. The van der Waals surface area contributed by atoms with Crippen LogP contribution in [0.15, 0.2) is 48.5 Å². The number of benzene rings is 2. The van der Waals surface area contributed by atoms with E-state index in [1.807, 2.05) is 0 Å². The van der Waals surface area contributed by atoms with Crippen molar-refractivity contribution in [3.05, 3.63) is 59.9 Å². The molecule has 0 unspecified atom stereocenters. The van der Waals surface area contributed by atoms with Gasteiger partial charge in [0, 0.05) is 19.2 Å². The quantitative estimate of drug-likeness (QED) is 0.835. The third kappa shape index (κ3) is 3.41. The largest absolute Gasteiger partial charge is 0.497 e. The van der Waals surface area contributed by atoms with Crippen molar-refractivity contribution < 1.29 is 9.13 Å². The second kappa shape index (κ2) is 6.82. The molecule has 0 atom stereocenters. The summed E-state index contributed by atoms with van der Waals surface area (Å²) in [5.41, 5.74) is 2.06. The molecule has 116 valence electrons. The third-order valence-electron chi connectivity index (χ3n) is 4.48. The molecule has 1 aliphatic heterocycles. The zero-order valence-electron chi connectivity index (χ0n) is 13.0. The van der Waals surface area contributed by atoms with Crippen LogP contribution in [0.1, 0.15) is 18.4 Å². The van der Waals surface area contributed by atoms with Crippen LogP contribution in [0.3, 0.4) is 0 Å². The molecule has 0 spiro atoms. The first-order valence-corrected chi connectivity index (χ1v) is 7.88. The molecule has 0 radical (unpaired) electrons. The summed E-state index contributed by atoms with van der Waals surface area (Å²) in [6.45, 7) is 1.81. The SMILES string of the molecule is COc1ccc(F)c(N2CCC(Cc3ccccc3)CC2)c1. The lowest BCUT2D eigenvalue weighted by Gasteiger charge is -2.34. The average molecular weight is 299 g/mol. The summed E-state index contributed by atoms with van der Waals surface area (Å²) < 4.78 is 19.2. The predicted octanol–water partition coefficient (Wildman–Crippen LogP) is 4.29. The molecule has 1 heterocycles. The Balaban J connectivity index is 1.62. The van der Waals surface area contributed by atoms with Crippen molar-refractivity contribution in [1.29, 1.82) is 0 Å². The molecule has 2 aromatic carbocycles. The van der Waals surface area contributed by atoms with E-state index < -0.39 is 0 Å². The minimum Gasteiger partial charge on any atom is -0.497 e. The van der Waals surface area contributed by atoms with Crippen LogP contribution < -0.4 is 9.64 Å². The van der Waals surface area contributed by atoms with Crippen LogP contribution in [-0.4, -0.2) is 20.2 Å². The second-order valence-electron chi connectivity index (χ2n) is 5.94. The van der Waals surface area contributed by atoms with Crippen LogP contribution in [0.25, 0.3) is 0 Å². The minimum atomic E-state index is -0.165. The van der Waals surface area contributed by atoms with Crippen LogP contribution >= 0.6 is 0 Å². The van der Waals surface area contributed by atoms with Gasteiger partial charge < -0.3 is 9.64 Å². The highest BCUT2D eigenvalue weighted by Crippen LogP contribution is 2.30. The van der Waals surface area contributed by atoms with Gasteiger partial charge in [0.05, 0.1) is 12.8 Å². The van der Waals surface area contributed by atoms with E-state index in [0.717, 1.165) is 32.4 Å². The van der Waals surface area contributed by atoms with E-state index in [4.69, 9.17) is 4.74 Å². The lowest BCUT2D eigenvalue weighted by atomic mass is 9.90. The maximum Gasteiger partial charge on any atom is 0.146 e. The third-order valence-corrected chi connectivity index (χ3v) is 4.48. The van der Waals surface area contributed by atoms with Gasteiger partial charge in [-0.2, -0.15) is 0 Å². The summed E-state index contributed by atoms with van der Waals surface area (Å²) in [7, 11) is 1.61. The van der Waals surface area contributed by atoms with Gasteiger partial charge in [-0.05, 0) is 42.9 Å². The molecule has 1 fully saturated rings. The van der Waals surface area contributed by atoms with E-state index in [1.165, 1.54) is 11.6 Å². The van der Waals surface area contributed by atoms with Gasteiger partial charge in [-0.1, -0.05) is 30.3 Å². The van der Waals surface area contributed by atoms with Gasteiger partial charge >= 0.3 is 0 Å². The van der Waals surface area contributed by atoms with Crippen LogP contribution in [0.5, 0.6) is 5.75 Å². The van der Waals surface area contributed by atoms with Gasteiger partial charge in [0.1, 0.15) is 11.6 Å². The molecule has 0 aliphatic carbocycles. The summed E-state index contributed by atoms with van der Waals surface area (Å²) >= 11 is 0. The maximum absolute atomic E-state index is 14.0. The van der Waals surface area contributed by atoms with Gasteiger partial charge in [0.2, 0.25) is 0 Å². The van der Waals surface area contributed by atoms with E-state index >= 15 is 0 Å². The Hall–Kier alpha value is -2.03. The molecule has 2 aromatic rings. The second-order valence-corrected chi connectivity index (χ2v) is 5.94. The molecule has 0 aromatic heterocycles. The van der Waals surface area contributed by atoms with E-state index in [0.29, 0.717) is 17.4 Å². The Morgan fingerprint density at radius 3 is 2.50 bits per heavy atom. The Morgan fingerprint density at radius 2 is 1.82 bits per heavy atom. The standard InChI is InChI=1S/C19H22FNO/c1-22-17-7-8-18(20)19(14-17)21-11-9-16(10-12-21)13-15-5-3-2-4-6-15/h2-8,14,16H,9-13H2,1H3. The Kier molecular flexibility index (Phi) is 4.62. The molecular formula is C19H22FNO. The van der Waals surface area contributed by atoms with Crippen molar-refractivity contribution in [3.8, 4) is 5.75 Å². The molecule has 22 heavy (non-hydrogen) atoms.